The standard InChI is InChI=1S/C20H17NO2S3/c1-20(2)17-16(19(24)26-25-17)14-6-4-5-7-15(14)21(20)18(22)12-8-10-13(23-3)11-9-12/h4-11H,1-3H3. The number of nitrogens with zero attached hydrogens (tertiary/aromatic N) is 1. The zero-order valence-corrected chi connectivity index (χ0v) is 17.1. The van der Waals surface area contributed by atoms with Crippen molar-refractivity contribution in [1.82, 2.24) is 0 Å². The molecular formula is C20H17NO2S3. The van der Waals surface area contributed by atoms with Gasteiger partial charge in [-0.3, -0.25) is 9.69 Å². The molecule has 26 heavy (non-hydrogen) atoms. The largest absolute Gasteiger partial charge is 0.497 e. The number of hydrogen-bond donors (Lipinski definition) is 0. The van der Waals surface area contributed by atoms with E-state index in [0.29, 0.717) is 5.56 Å². The van der Waals surface area contributed by atoms with Crippen LogP contribution in [0.5, 0.6) is 5.75 Å². The third kappa shape index (κ3) is 2.52. The van der Waals surface area contributed by atoms with Gasteiger partial charge in [0.1, 0.15) is 9.57 Å². The monoisotopic (exact) mass is 399 g/mol. The second-order valence-corrected chi connectivity index (χ2v) is 9.42. The lowest BCUT2D eigenvalue weighted by Crippen LogP contribution is -2.47. The summed E-state index contributed by atoms with van der Waals surface area (Å²) in [7, 11) is 4.89. The van der Waals surface area contributed by atoms with Crippen molar-refractivity contribution in [2.45, 2.75) is 19.4 Å². The highest BCUT2D eigenvalue weighted by atomic mass is 32.9. The van der Waals surface area contributed by atoms with Gasteiger partial charge in [-0.15, -0.1) is 0 Å². The van der Waals surface area contributed by atoms with Gasteiger partial charge in [-0.1, -0.05) is 51.1 Å². The molecule has 0 spiro atoms. The van der Waals surface area contributed by atoms with Crippen LogP contribution in [0.15, 0.2) is 48.5 Å². The van der Waals surface area contributed by atoms with E-state index in [4.69, 9.17) is 17.0 Å². The van der Waals surface area contributed by atoms with E-state index < -0.39 is 5.54 Å². The molecule has 0 unspecified atom stereocenters. The van der Waals surface area contributed by atoms with Crippen LogP contribution in [0.25, 0.3) is 11.1 Å². The maximum atomic E-state index is 13.5. The maximum Gasteiger partial charge on any atom is 0.259 e. The minimum absolute atomic E-state index is 0.0277. The average molecular weight is 400 g/mol. The normalized spacial score (nSPS) is 14.5. The van der Waals surface area contributed by atoms with E-state index in [1.54, 1.807) is 27.8 Å². The Kier molecular flexibility index (Phi) is 4.22. The molecule has 0 atom stereocenters. The highest BCUT2D eigenvalue weighted by Gasteiger charge is 2.43. The summed E-state index contributed by atoms with van der Waals surface area (Å²) in [6.07, 6.45) is 0. The molecule has 2 heterocycles. The average Bonchev–Trinajstić information content (AvgIpc) is 3.04. The summed E-state index contributed by atoms with van der Waals surface area (Å²) in [5.41, 5.74) is 3.21. The smallest absolute Gasteiger partial charge is 0.259 e. The maximum absolute atomic E-state index is 13.5. The van der Waals surface area contributed by atoms with E-state index in [0.717, 1.165) is 31.3 Å². The predicted molar refractivity (Wildman–Crippen MR) is 111 cm³/mol. The summed E-state index contributed by atoms with van der Waals surface area (Å²) in [6.45, 7) is 4.17. The number of para-hydroxylation sites is 1. The molecule has 0 fully saturated rings. The van der Waals surface area contributed by atoms with Crippen molar-refractivity contribution in [2.75, 3.05) is 12.0 Å². The van der Waals surface area contributed by atoms with Gasteiger partial charge in [-0.2, -0.15) is 0 Å². The van der Waals surface area contributed by atoms with Crippen molar-refractivity contribution in [3.05, 3.63) is 62.8 Å². The minimum atomic E-state index is -0.473. The Balaban J connectivity index is 1.90. The number of anilines is 1. The van der Waals surface area contributed by atoms with Gasteiger partial charge < -0.3 is 4.74 Å². The predicted octanol–water partition coefficient (Wildman–Crippen LogP) is 6.11. The number of benzene rings is 2. The number of rotatable bonds is 2. The van der Waals surface area contributed by atoms with Crippen LogP contribution in [-0.2, 0) is 5.54 Å². The lowest BCUT2D eigenvalue weighted by atomic mass is 9.87. The molecule has 0 bridgehead atoms. The topological polar surface area (TPSA) is 29.5 Å². The molecular weight excluding hydrogens is 382 g/mol. The number of methoxy groups -OCH3 is 1. The molecule has 1 aliphatic rings. The number of amides is 1. The zero-order chi connectivity index (χ0) is 18.5. The van der Waals surface area contributed by atoms with Gasteiger partial charge in [0.25, 0.3) is 5.91 Å². The Labute approximate surface area is 164 Å². The fourth-order valence-electron chi connectivity index (χ4n) is 3.40. The molecule has 3 nitrogen and oxygen atoms in total. The van der Waals surface area contributed by atoms with Gasteiger partial charge in [0.05, 0.1) is 23.2 Å². The molecule has 6 heteroatoms. The lowest BCUT2D eigenvalue weighted by molar-refractivity contribution is 0.0961. The first kappa shape index (κ1) is 17.4. The van der Waals surface area contributed by atoms with E-state index in [1.807, 2.05) is 53.4 Å². The van der Waals surface area contributed by atoms with Crippen LogP contribution in [0.4, 0.5) is 5.69 Å². The first-order chi connectivity index (χ1) is 12.4. The molecule has 0 N–H and O–H groups in total. The van der Waals surface area contributed by atoms with Crippen molar-refractivity contribution in [1.29, 1.82) is 0 Å². The Morgan fingerprint density at radius 1 is 1.08 bits per heavy atom. The fraction of sp³-hybridized carbons (Fsp3) is 0.200. The van der Waals surface area contributed by atoms with Crippen molar-refractivity contribution >= 4 is 44.5 Å². The van der Waals surface area contributed by atoms with Crippen LogP contribution in [-0.4, -0.2) is 13.0 Å². The summed E-state index contributed by atoms with van der Waals surface area (Å²) in [6, 6.07) is 15.3. The first-order valence-electron chi connectivity index (χ1n) is 8.17. The molecule has 4 rings (SSSR count). The molecule has 1 aromatic heterocycles. The molecule has 1 amide bonds. The van der Waals surface area contributed by atoms with Gasteiger partial charge in [-0.05, 0) is 44.2 Å². The minimum Gasteiger partial charge on any atom is -0.497 e. The van der Waals surface area contributed by atoms with Crippen LogP contribution in [0.2, 0.25) is 0 Å². The van der Waals surface area contributed by atoms with Crippen LogP contribution >= 0.6 is 32.9 Å². The van der Waals surface area contributed by atoms with Gasteiger partial charge in [0.2, 0.25) is 0 Å². The van der Waals surface area contributed by atoms with Crippen LogP contribution < -0.4 is 9.64 Å². The molecule has 132 valence electrons. The third-order valence-corrected chi connectivity index (χ3v) is 8.03. The molecule has 1 aliphatic heterocycles. The van der Waals surface area contributed by atoms with E-state index in [-0.39, 0.29) is 5.91 Å². The summed E-state index contributed by atoms with van der Waals surface area (Å²) in [4.78, 5) is 16.5. The van der Waals surface area contributed by atoms with Gasteiger partial charge in [0, 0.05) is 16.7 Å². The zero-order valence-electron chi connectivity index (χ0n) is 14.6. The Bertz CT molecular complexity index is 1050. The van der Waals surface area contributed by atoms with E-state index >= 15 is 0 Å². The molecule has 0 aliphatic carbocycles. The number of fused-ring (bicyclic) bond motifs is 3. The summed E-state index contributed by atoms with van der Waals surface area (Å²) < 4.78 is 6.10. The lowest BCUT2D eigenvalue weighted by Gasteiger charge is -2.43. The summed E-state index contributed by atoms with van der Waals surface area (Å²) in [5, 5.41) is 0. The number of carbonyl (C=O) groups is 1. The van der Waals surface area contributed by atoms with E-state index in [2.05, 4.69) is 13.8 Å². The highest BCUT2D eigenvalue weighted by molar-refractivity contribution is 7.80. The van der Waals surface area contributed by atoms with Crippen molar-refractivity contribution < 1.29 is 9.53 Å². The van der Waals surface area contributed by atoms with Crippen LogP contribution in [0, 0.1) is 3.82 Å². The molecule has 0 radical (unpaired) electrons. The molecule has 3 aromatic rings. The van der Waals surface area contributed by atoms with Crippen molar-refractivity contribution in [3.63, 3.8) is 0 Å². The highest BCUT2D eigenvalue weighted by Crippen LogP contribution is 2.52. The van der Waals surface area contributed by atoms with E-state index in [1.165, 1.54) is 0 Å². The summed E-state index contributed by atoms with van der Waals surface area (Å²) in [5.74, 6) is 0.706. The Morgan fingerprint density at radius 3 is 2.46 bits per heavy atom. The van der Waals surface area contributed by atoms with Crippen LogP contribution in [0.3, 0.4) is 0 Å². The second-order valence-electron chi connectivity index (χ2n) is 6.60. The molecule has 0 saturated heterocycles. The number of carbonyl (C=O) groups excluding carboxylic acids is 1. The Hall–Kier alpha value is -2.02. The first-order valence-corrected chi connectivity index (χ1v) is 10.7. The molecule has 0 saturated carbocycles. The van der Waals surface area contributed by atoms with Gasteiger partial charge >= 0.3 is 0 Å². The second kappa shape index (κ2) is 6.30. The van der Waals surface area contributed by atoms with Crippen molar-refractivity contribution in [3.8, 4) is 16.9 Å². The quantitative estimate of drug-likeness (QED) is 0.385. The Morgan fingerprint density at radius 2 is 1.77 bits per heavy atom. The fourth-order valence-corrected chi connectivity index (χ4v) is 6.69. The number of ether oxygens (including phenoxy) is 1. The van der Waals surface area contributed by atoms with E-state index in [9.17, 15) is 4.79 Å². The summed E-state index contributed by atoms with van der Waals surface area (Å²) >= 11 is 5.59. The van der Waals surface area contributed by atoms with Crippen LogP contribution in [0.1, 0.15) is 29.1 Å². The number of hydrogen-bond acceptors (Lipinski definition) is 5. The van der Waals surface area contributed by atoms with Crippen molar-refractivity contribution in [2.24, 2.45) is 0 Å². The third-order valence-electron chi connectivity index (χ3n) is 4.70. The van der Waals surface area contributed by atoms with Gasteiger partial charge in [0.15, 0.2) is 0 Å². The van der Waals surface area contributed by atoms with Gasteiger partial charge in [-0.25, -0.2) is 0 Å². The SMILES string of the molecule is COc1ccc(C(=O)N2c3ccccc3-c3c(ssc3=S)C2(C)C)cc1. The molecule has 2 aromatic carbocycles.